The first-order chi connectivity index (χ1) is 8.24. The van der Waals surface area contributed by atoms with Crippen molar-refractivity contribution < 1.29 is 4.74 Å². The van der Waals surface area contributed by atoms with Crippen LogP contribution in [0.15, 0.2) is 18.2 Å². The minimum atomic E-state index is 0.288. The normalized spacial score (nSPS) is 20.2. The fraction of sp³-hybridized carbons (Fsp3) is 0.462. The summed E-state index contributed by atoms with van der Waals surface area (Å²) in [5, 5.41) is 0. The van der Waals surface area contributed by atoms with Gasteiger partial charge >= 0.3 is 0 Å². The van der Waals surface area contributed by atoms with Gasteiger partial charge in [-0.1, -0.05) is 6.07 Å². The van der Waals surface area contributed by atoms with Gasteiger partial charge in [-0.15, -0.1) is 0 Å². The number of ether oxygens (including phenoxy) is 1. The van der Waals surface area contributed by atoms with Crippen LogP contribution in [0.5, 0.6) is 0 Å². The lowest BCUT2D eigenvalue weighted by atomic mass is 10.2. The zero-order valence-corrected chi connectivity index (χ0v) is 10.0. The summed E-state index contributed by atoms with van der Waals surface area (Å²) in [6, 6.07) is 6.25. The van der Waals surface area contributed by atoms with Gasteiger partial charge in [-0.2, -0.15) is 0 Å². The van der Waals surface area contributed by atoms with Gasteiger partial charge in [0.1, 0.15) is 0 Å². The molecule has 0 aliphatic carbocycles. The van der Waals surface area contributed by atoms with E-state index in [0.29, 0.717) is 5.95 Å². The molecule has 1 saturated heterocycles. The maximum absolute atomic E-state index is 5.98. The van der Waals surface area contributed by atoms with Gasteiger partial charge in [-0.25, -0.2) is 4.98 Å². The molecule has 3 rings (SSSR count). The van der Waals surface area contributed by atoms with Gasteiger partial charge in [-0.05, 0) is 37.5 Å². The zero-order chi connectivity index (χ0) is 11.8. The second kappa shape index (κ2) is 4.04. The van der Waals surface area contributed by atoms with Crippen molar-refractivity contribution in [3.8, 4) is 0 Å². The lowest BCUT2D eigenvalue weighted by molar-refractivity contribution is 0.0984. The number of nitrogens with two attached hydrogens (primary N) is 1. The number of rotatable bonds is 2. The van der Waals surface area contributed by atoms with Gasteiger partial charge in [0, 0.05) is 6.61 Å². The number of benzene rings is 1. The minimum absolute atomic E-state index is 0.288. The number of imidazole rings is 1. The predicted octanol–water partition coefficient (Wildman–Crippen LogP) is 2.11. The monoisotopic (exact) mass is 231 g/mol. The summed E-state index contributed by atoms with van der Waals surface area (Å²) < 4.78 is 7.71. The molecule has 1 aromatic heterocycles. The van der Waals surface area contributed by atoms with E-state index in [4.69, 9.17) is 10.5 Å². The molecular formula is C13H17N3O. The quantitative estimate of drug-likeness (QED) is 0.861. The summed E-state index contributed by atoms with van der Waals surface area (Å²) in [5.41, 5.74) is 9.26. The molecule has 1 fully saturated rings. The van der Waals surface area contributed by atoms with Crippen LogP contribution in [-0.4, -0.2) is 22.3 Å². The van der Waals surface area contributed by atoms with Gasteiger partial charge in [0.05, 0.1) is 23.7 Å². The van der Waals surface area contributed by atoms with E-state index in [0.717, 1.165) is 37.0 Å². The van der Waals surface area contributed by atoms with Crippen LogP contribution in [-0.2, 0) is 11.3 Å². The van der Waals surface area contributed by atoms with E-state index in [1.165, 1.54) is 5.56 Å². The van der Waals surface area contributed by atoms with Crippen LogP contribution < -0.4 is 5.73 Å². The zero-order valence-electron chi connectivity index (χ0n) is 10.0. The Labute approximate surface area is 100 Å². The second-order valence-electron chi connectivity index (χ2n) is 4.71. The molecule has 4 heteroatoms. The highest BCUT2D eigenvalue weighted by molar-refractivity contribution is 5.79. The van der Waals surface area contributed by atoms with E-state index < -0.39 is 0 Å². The third-order valence-electron chi connectivity index (χ3n) is 3.34. The van der Waals surface area contributed by atoms with Gasteiger partial charge in [0.15, 0.2) is 0 Å². The van der Waals surface area contributed by atoms with Gasteiger partial charge in [-0.3, -0.25) is 0 Å². The molecule has 2 heterocycles. The molecule has 90 valence electrons. The van der Waals surface area contributed by atoms with Crippen LogP contribution in [0, 0.1) is 6.92 Å². The number of hydrogen-bond donors (Lipinski definition) is 1. The molecule has 1 aliphatic heterocycles. The van der Waals surface area contributed by atoms with Crippen LogP contribution in [0.1, 0.15) is 18.4 Å². The molecule has 0 saturated carbocycles. The van der Waals surface area contributed by atoms with Crippen LogP contribution in [0.4, 0.5) is 5.95 Å². The number of fused-ring (bicyclic) bond motifs is 1. The van der Waals surface area contributed by atoms with E-state index in [9.17, 15) is 0 Å². The summed E-state index contributed by atoms with van der Waals surface area (Å²) >= 11 is 0. The molecule has 1 aliphatic rings. The Kier molecular flexibility index (Phi) is 2.52. The van der Waals surface area contributed by atoms with Crippen molar-refractivity contribution >= 4 is 17.0 Å². The summed E-state index contributed by atoms with van der Waals surface area (Å²) in [7, 11) is 0. The molecule has 2 N–H and O–H groups in total. The molecule has 0 bridgehead atoms. The Balaban J connectivity index is 1.99. The Morgan fingerprint density at radius 3 is 3.18 bits per heavy atom. The van der Waals surface area contributed by atoms with E-state index in [1.807, 2.05) is 0 Å². The van der Waals surface area contributed by atoms with Gasteiger partial charge < -0.3 is 15.0 Å². The second-order valence-corrected chi connectivity index (χ2v) is 4.71. The highest BCUT2D eigenvalue weighted by Gasteiger charge is 2.18. The first-order valence-corrected chi connectivity index (χ1v) is 6.08. The average molecular weight is 231 g/mol. The molecule has 17 heavy (non-hydrogen) atoms. The molecule has 0 radical (unpaired) electrons. The molecular weight excluding hydrogens is 214 g/mol. The number of aryl methyl sites for hydroxylation is 1. The maximum atomic E-state index is 5.98. The summed E-state index contributed by atoms with van der Waals surface area (Å²) in [6.45, 7) is 3.75. The van der Waals surface area contributed by atoms with E-state index in [2.05, 4.69) is 34.7 Å². The Hall–Kier alpha value is -1.55. The smallest absolute Gasteiger partial charge is 0.201 e. The van der Waals surface area contributed by atoms with Crippen molar-refractivity contribution in [2.45, 2.75) is 32.4 Å². The third-order valence-corrected chi connectivity index (χ3v) is 3.34. The number of anilines is 1. The summed E-state index contributed by atoms with van der Waals surface area (Å²) in [5.74, 6) is 0.584. The number of nitrogens with zero attached hydrogens (tertiary/aromatic N) is 2. The molecule has 0 amide bonds. The van der Waals surface area contributed by atoms with Crippen LogP contribution >= 0.6 is 0 Å². The van der Waals surface area contributed by atoms with Crippen molar-refractivity contribution in [3.63, 3.8) is 0 Å². The third kappa shape index (κ3) is 1.89. The van der Waals surface area contributed by atoms with Crippen molar-refractivity contribution in [2.75, 3.05) is 12.3 Å². The van der Waals surface area contributed by atoms with E-state index in [-0.39, 0.29) is 6.10 Å². The van der Waals surface area contributed by atoms with Crippen molar-refractivity contribution in [3.05, 3.63) is 23.8 Å². The Morgan fingerprint density at radius 2 is 2.41 bits per heavy atom. The van der Waals surface area contributed by atoms with Crippen LogP contribution in [0.3, 0.4) is 0 Å². The SMILES string of the molecule is Cc1ccc2c(c1)nc(N)n2CC1CCCO1. The molecule has 1 unspecified atom stereocenters. The fourth-order valence-electron chi connectivity index (χ4n) is 2.44. The van der Waals surface area contributed by atoms with Crippen molar-refractivity contribution in [2.24, 2.45) is 0 Å². The van der Waals surface area contributed by atoms with Crippen LogP contribution in [0.25, 0.3) is 11.0 Å². The Bertz CT molecular complexity index is 541. The van der Waals surface area contributed by atoms with Crippen molar-refractivity contribution in [1.29, 1.82) is 0 Å². The number of hydrogen-bond acceptors (Lipinski definition) is 3. The average Bonchev–Trinajstić information content (AvgIpc) is 2.88. The maximum Gasteiger partial charge on any atom is 0.201 e. The van der Waals surface area contributed by atoms with Crippen LogP contribution in [0.2, 0.25) is 0 Å². The molecule has 4 nitrogen and oxygen atoms in total. The molecule has 1 aromatic carbocycles. The molecule has 0 spiro atoms. The number of aromatic nitrogens is 2. The summed E-state index contributed by atoms with van der Waals surface area (Å²) in [6.07, 6.45) is 2.55. The highest BCUT2D eigenvalue weighted by Crippen LogP contribution is 2.22. The molecule has 1 atom stereocenters. The van der Waals surface area contributed by atoms with Gasteiger partial charge in [0.25, 0.3) is 0 Å². The predicted molar refractivity (Wildman–Crippen MR) is 67.9 cm³/mol. The van der Waals surface area contributed by atoms with Crippen molar-refractivity contribution in [1.82, 2.24) is 9.55 Å². The minimum Gasteiger partial charge on any atom is -0.376 e. The van der Waals surface area contributed by atoms with E-state index in [1.54, 1.807) is 0 Å². The summed E-state index contributed by atoms with van der Waals surface area (Å²) in [4.78, 5) is 4.40. The van der Waals surface area contributed by atoms with E-state index >= 15 is 0 Å². The standard InChI is InChI=1S/C13H17N3O/c1-9-4-5-12-11(7-9)15-13(14)16(12)8-10-3-2-6-17-10/h4-5,7,10H,2-3,6,8H2,1H3,(H2,14,15). The largest absolute Gasteiger partial charge is 0.376 e. The lowest BCUT2D eigenvalue weighted by Crippen LogP contribution is -2.16. The Morgan fingerprint density at radius 1 is 1.53 bits per heavy atom. The number of nitrogen functional groups attached to an aromatic ring is 1. The highest BCUT2D eigenvalue weighted by atomic mass is 16.5. The molecule has 2 aromatic rings. The topological polar surface area (TPSA) is 53.1 Å². The van der Waals surface area contributed by atoms with Gasteiger partial charge in [0.2, 0.25) is 5.95 Å². The fourth-order valence-corrected chi connectivity index (χ4v) is 2.44. The lowest BCUT2D eigenvalue weighted by Gasteiger charge is -2.12. The first kappa shape index (κ1) is 10.6. The first-order valence-electron chi connectivity index (χ1n) is 6.08.